The van der Waals surface area contributed by atoms with Crippen LogP contribution in [-0.4, -0.2) is 21.9 Å². The smallest absolute Gasteiger partial charge is 0.0853 e. The van der Waals surface area contributed by atoms with Crippen LogP contribution in [0.3, 0.4) is 0 Å². The van der Waals surface area contributed by atoms with E-state index in [1.165, 1.54) is 12.8 Å². The van der Waals surface area contributed by atoms with Gasteiger partial charge in [0.1, 0.15) is 0 Å². The summed E-state index contributed by atoms with van der Waals surface area (Å²) in [7, 11) is 0. The summed E-state index contributed by atoms with van der Waals surface area (Å²) in [6, 6.07) is 0. The Morgan fingerprint density at radius 1 is 1.00 bits per heavy atom. The van der Waals surface area contributed by atoms with Gasteiger partial charge in [-0.15, -0.1) is 0 Å². The van der Waals surface area contributed by atoms with Crippen LogP contribution in [0.4, 0.5) is 0 Å². The topological polar surface area (TPSA) is 12.5 Å². The van der Waals surface area contributed by atoms with Gasteiger partial charge in [-0.2, -0.15) is 0 Å². The molecule has 1 nitrogen and oxygen atoms in total. The van der Waals surface area contributed by atoms with Crippen molar-refractivity contribution in [3.05, 3.63) is 0 Å². The number of halogens is 2. The highest BCUT2D eigenvalue weighted by Gasteiger charge is 2.46. The molecule has 1 saturated carbocycles. The van der Waals surface area contributed by atoms with Crippen LogP contribution in [0.1, 0.15) is 12.8 Å². The summed E-state index contributed by atoms with van der Waals surface area (Å²) in [4.78, 5) is 1.25. The van der Waals surface area contributed by atoms with E-state index in [1.54, 1.807) is 0 Å². The molecule has 2 rings (SSSR count). The molecule has 52 valence electrons. The van der Waals surface area contributed by atoms with Crippen LogP contribution in [0.5, 0.6) is 0 Å². The van der Waals surface area contributed by atoms with E-state index in [2.05, 4.69) is 31.9 Å². The molecule has 4 atom stereocenters. The third-order valence-corrected chi connectivity index (χ3v) is 4.73. The molecule has 3 heteroatoms. The number of rotatable bonds is 0. The molecule has 0 aromatic heterocycles. The van der Waals surface area contributed by atoms with Crippen LogP contribution in [0, 0.1) is 0 Å². The summed E-state index contributed by atoms with van der Waals surface area (Å²) >= 11 is 7.19. The van der Waals surface area contributed by atoms with E-state index >= 15 is 0 Å². The molecule has 1 heterocycles. The predicted molar refractivity (Wildman–Crippen MR) is 43.3 cm³/mol. The first-order valence-corrected chi connectivity index (χ1v) is 5.04. The van der Waals surface area contributed by atoms with Gasteiger partial charge >= 0.3 is 0 Å². The van der Waals surface area contributed by atoms with Crippen LogP contribution < -0.4 is 0 Å². The van der Waals surface area contributed by atoms with Gasteiger partial charge in [-0.1, -0.05) is 31.9 Å². The summed E-state index contributed by atoms with van der Waals surface area (Å²) in [6.07, 6.45) is 3.53. The highest BCUT2D eigenvalue weighted by molar-refractivity contribution is 9.12. The van der Waals surface area contributed by atoms with Crippen LogP contribution >= 0.6 is 31.9 Å². The number of alkyl halides is 2. The zero-order chi connectivity index (χ0) is 6.43. The molecule has 9 heavy (non-hydrogen) atoms. The van der Waals surface area contributed by atoms with E-state index in [0.717, 1.165) is 0 Å². The molecule has 1 aliphatic carbocycles. The van der Waals surface area contributed by atoms with E-state index in [4.69, 9.17) is 4.74 Å². The molecule has 0 N–H and O–H groups in total. The van der Waals surface area contributed by atoms with Crippen molar-refractivity contribution in [3.63, 3.8) is 0 Å². The molecule has 0 amide bonds. The van der Waals surface area contributed by atoms with E-state index in [1.807, 2.05) is 0 Å². The highest BCUT2D eigenvalue weighted by Crippen LogP contribution is 2.41. The Hall–Kier alpha value is 0.920. The Bertz CT molecular complexity index is 114. The minimum Gasteiger partial charge on any atom is -0.370 e. The molecular weight excluding hydrogens is 248 g/mol. The zero-order valence-electron chi connectivity index (χ0n) is 4.89. The monoisotopic (exact) mass is 254 g/mol. The number of fused-ring (bicyclic) bond motifs is 1. The Morgan fingerprint density at radius 3 is 1.89 bits per heavy atom. The molecule has 0 bridgehead atoms. The van der Waals surface area contributed by atoms with Crippen LogP contribution in [-0.2, 0) is 4.74 Å². The summed E-state index contributed by atoms with van der Waals surface area (Å²) in [6.45, 7) is 0. The van der Waals surface area contributed by atoms with Crippen molar-refractivity contribution in [3.8, 4) is 0 Å². The van der Waals surface area contributed by atoms with Gasteiger partial charge in [0, 0.05) is 9.65 Å². The normalized spacial score (nSPS) is 56.7. The molecule has 0 spiro atoms. The van der Waals surface area contributed by atoms with Gasteiger partial charge in [-0.3, -0.25) is 0 Å². The maximum atomic E-state index is 5.36. The lowest BCUT2D eigenvalue weighted by Gasteiger charge is -2.18. The second-order valence-electron chi connectivity index (χ2n) is 2.72. The second kappa shape index (κ2) is 2.21. The molecule has 0 unspecified atom stereocenters. The largest absolute Gasteiger partial charge is 0.370 e. The van der Waals surface area contributed by atoms with E-state index < -0.39 is 0 Å². The van der Waals surface area contributed by atoms with Crippen LogP contribution in [0.25, 0.3) is 0 Å². The van der Waals surface area contributed by atoms with Crippen LogP contribution in [0.2, 0.25) is 0 Å². The third-order valence-electron chi connectivity index (χ3n) is 2.00. The van der Waals surface area contributed by atoms with Crippen molar-refractivity contribution in [2.45, 2.75) is 34.7 Å². The number of epoxide rings is 1. The molecule has 0 aromatic rings. The van der Waals surface area contributed by atoms with Gasteiger partial charge in [0.15, 0.2) is 0 Å². The average molecular weight is 256 g/mol. The number of ether oxygens (including phenoxy) is 1. The lowest BCUT2D eigenvalue weighted by atomic mass is 10.0. The van der Waals surface area contributed by atoms with Crippen molar-refractivity contribution in [1.82, 2.24) is 0 Å². The Kier molecular flexibility index (Phi) is 1.62. The summed E-state index contributed by atoms with van der Waals surface area (Å²) in [5.74, 6) is 0. The zero-order valence-corrected chi connectivity index (χ0v) is 8.06. The summed E-state index contributed by atoms with van der Waals surface area (Å²) < 4.78 is 5.36. The lowest BCUT2D eigenvalue weighted by Crippen LogP contribution is -2.24. The SMILES string of the molecule is Br[C@@H]1C[C@@H]2O[C@H]2C[C@H]1Br. The number of hydrogen-bond acceptors (Lipinski definition) is 1. The summed E-state index contributed by atoms with van der Waals surface area (Å²) in [5.41, 5.74) is 0. The fourth-order valence-electron chi connectivity index (χ4n) is 1.33. The van der Waals surface area contributed by atoms with Crippen molar-refractivity contribution in [1.29, 1.82) is 0 Å². The molecular formula is C6H8Br2O. The maximum absolute atomic E-state index is 5.36. The molecule has 0 radical (unpaired) electrons. The molecule has 1 saturated heterocycles. The van der Waals surface area contributed by atoms with Gasteiger partial charge in [0.25, 0.3) is 0 Å². The molecule has 1 aliphatic heterocycles. The standard InChI is InChI=1S/C6H8Br2O/c7-3-1-5-6(9-5)2-4(3)8/h3-6H,1-2H2/t3-,4-,5+,6+/m1/s1. The quantitative estimate of drug-likeness (QED) is 0.477. The number of hydrogen-bond donors (Lipinski definition) is 0. The molecule has 2 fully saturated rings. The first kappa shape index (κ1) is 6.62. The van der Waals surface area contributed by atoms with Gasteiger partial charge in [0.05, 0.1) is 12.2 Å². The second-order valence-corrected chi connectivity index (χ2v) is 5.07. The van der Waals surface area contributed by atoms with Gasteiger partial charge < -0.3 is 4.74 Å². The maximum Gasteiger partial charge on any atom is 0.0853 e. The minimum atomic E-state index is 0.586. The Labute approximate surface area is 71.4 Å². The lowest BCUT2D eigenvalue weighted by molar-refractivity contribution is 0.373. The van der Waals surface area contributed by atoms with Crippen molar-refractivity contribution in [2.24, 2.45) is 0 Å². The molecule has 0 aromatic carbocycles. The summed E-state index contributed by atoms with van der Waals surface area (Å²) in [5, 5.41) is 0. The fourth-order valence-corrected chi connectivity index (χ4v) is 2.50. The fraction of sp³-hybridized carbons (Fsp3) is 1.00. The average Bonchev–Trinajstić information content (AvgIpc) is 2.46. The van der Waals surface area contributed by atoms with Gasteiger partial charge in [0.2, 0.25) is 0 Å². The Morgan fingerprint density at radius 2 is 1.44 bits per heavy atom. The van der Waals surface area contributed by atoms with E-state index in [0.29, 0.717) is 21.9 Å². The third kappa shape index (κ3) is 1.19. The Balaban J connectivity index is 1.98. The first-order valence-electron chi connectivity index (χ1n) is 3.21. The predicted octanol–water partition coefficient (Wildman–Crippen LogP) is 2.07. The van der Waals surface area contributed by atoms with Crippen molar-refractivity contribution >= 4 is 31.9 Å². The van der Waals surface area contributed by atoms with Crippen molar-refractivity contribution < 1.29 is 4.74 Å². The highest BCUT2D eigenvalue weighted by atomic mass is 79.9. The van der Waals surface area contributed by atoms with Gasteiger partial charge in [-0.05, 0) is 12.8 Å². The van der Waals surface area contributed by atoms with E-state index in [-0.39, 0.29) is 0 Å². The minimum absolute atomic E-state index is 0.586. The van der Waals surface area contributed by atoms with Crippen molar-refractivity contribution in [2.75, 3.05) is 0 Å². The first-order chi connectivity index (χ1) is 4.27. The molecule has 2 aliphatic rings. The van der Waals surface area contributed by atoms with E-state index in [9.17, 15) is 0 Å². The van der Waals surface area contributed by atoms with Gasteiger partial charge in [-0.25, -0.2) is 0 Å². The van der Waals surface area contributed by atoms with Crippen LogP contribution in [0.15, 0.2) is 0 Å².